The van der Waals surface area contributed by atoms with Gasteiger partial charge in [-0.25, -0.2) is 4.68 Å². The Balaban J connectivity index is 1.58. The lowest BCUT2D eigenvalue weighted by Gasteiger charge is -2.11. The normalized spacial score (nSPS) is 12.4. The second kappa shape index (κ2) is 7.46. The van der Waals surface area contributed by atoms with Crippen LogP contribution in [-0.4, -0.2) is 21.7 Å². The fourth-order valence-corrected chi connectivity index (χ4v) is 5.04. The van der Waals surface area contributed by atoms with Gasteiger partial charge in [0.15, 0.2) is 0 Å². The minimum absolute atomic E-state index is 0.0395. The molecule has 3 heterocycles. The fraction of sp³-hybridized carbons (Fsp3) is 0.200. The Morgan fingerprint density at radius 1 is 1.30 bits per heavy atom. The van der Waals surface area contributed by atoms with Crippen molar-refractivity contribution < 1.29 is 4.79 Å². The number of fused-ring (bicyclic) bond motifs is 1. The molecule has 4 nitrogen and oxygen atoms in total. The number of carbonyl (C=O) groups excluding carboxylic acids is 1. The molecule has 3 aromatic heterocycles. The summed E-state index contributed by atoms with van der Waals surface area (Å²) >= 11 is 9.16. The molecule has 0 fully saturated rings. The van der Waals surface area contributed by atoms with Crippen LogP contribution in [0, 0.1) is 6.92 Å². The van der Waals surface area contributed by atoms with Gasteiger partial charge in [0.05, 0.1) is 16.3 Å². The summed E-state index contributed by atoms with van der Waals surface area (Å²) < 4.78 is 1.87. The molecule has 0 radical (unpaired) electrons. The van der Waals surface area contributed by atoms with Crippen molar-refractivity contribution in [2.75, 3.05) is 0 Å². The number of amides is 1. The van der Waals surface area contributed by atoms with Gasteiger partial charge in [-0.15, -0.1) is 22.7 Å². The lowest BCUT2D eigenvalue weighted by Crippen LogP contribution is -2.33. The van der Waals surface area contributed by atoms with E-state index in [1.165, 1.54) is 16.2 Å². The third kappa shape index (κ3) is 3.78. The molecule has 7 heteroatoms. The van der Waals surface area contributed by atoms with Crippen molar-refractivity contribution in [1.82, 2.24) is 15.1 Å². The molecule has 4 aromatic rings. The first-order valence-corrected chi connectivity index (χ1v) is 10.7. The Hall–Kier alpha value is -2.15. The Morgan fingerprint density at radius 2 is 2.07 bits per heavy atom. The molecule has 27 heavy (non-hydrogen) atoms. The lowest BCUT2D eigenvalue weighted by atomic mass is 10.2. The van der Waals surface area contributed by atoms with E-state index in [4.69, 9.17) is 11.6 Å². The summed E-state index contributed by atoms with van der Waals surface area (Å²) in [5, 5.41) is 11.5. The van der Waals surface area contributed by atoms with E-state index in [2.05, 4.69) is 21.9 Å². The topological polar surface area (TPSA) is 46.9 Å². The van der Waals surface area contributed by atoms with Crippen molar-refractivity contribution in [2.24, 2.45) is 0 Å². The van der Waals surface area contributed by atoms with Gasteiger partial charge in [-0.2, -0.15) is 5.10 Å². The van der Waals surface area contributed by atoms with Crippen LogP contribution in [-0.2, 0) is 6.42 Å². The number of aromatic nitrogens is 2. The number of nitrogens with one attached hydrogen (secondary N) is 1. The summed E-state index contributed by atoms with van der Waals surface area (Å²) in [5.74, 6) is -0.0395. The van der Waals surface area contributed by atoms with Gasteiger partial charge in [0.25, 0.3) is 5.91 Å². The molecular formula is C20H18ClN3OS2. The zero-order chi connectivity index (χ0) is 19.0. The zero-order valence-electron chi connectivity index (χ0n) is 14.9. The third-order valence-corrected chi connectivity index (χ3v) is 6.56. The van der Waals surface area contributed by atoms with E-state index in [9.17, 15) is 4.79 Å². The number of halogens is 1. The summed E-state index contributed by atoms with van der Waals surface area (Å²) in [6.07, 6.45) is 0.839. The van der Waals surface area contributed by atoms with Crippen molar-refractivity contribution in [3.05, 3.63) is 68.3 Å². The smallest absolute Gasteiger partial charge is 0.261 e. The fourth-order valence-electron chi connectivity index (χ4n) is 2.99. The average Bonchev–Trinajstić information content (AvgIpc) is 3.34. The summed E-state index contributed by atoms with van der Waals surface area (Å²) in [7, 11) is 0. The Kier molecular flexibility index (Phi) is 5.04. The van der Waals surface area contributed by atoms with Crippen LogP contribution in [0.1, 0.15) is 27.2 Å². The van der Waals surface area contributed by atoms with Gasteiger partial charge >= 0.3 is 0 Å². The monoisotopic (exact) mass is 415 g/mol. The Labute approximate surface area is 170 Å². The predicted octanol–water partition coefficient (Wildman–Crippen LogP) is 5.47. The number of benzene rings is 1. The SMILES string of the molecule is Cc1nn(-c2ccc(Cl)cc2)c2sc(C(=O)N[C@H](C)Cc3cccs3)cc12. The maximum Gasteiger partial charge on any atom is 0.261 e. The van der Waals surface area contributed by atoms with E-state index in [1.54, 1.807) is 11.3 Å². The van der Waals surface area contributed by atoms with Crippen LogP contribution in [0.25, 0.3) is 15.9 Å². The summed E-state index contributed by atoms with van der Waals surface area (Å²) in [6.45, 7) is 3.99. The van der Waals surface area contributed by atoms with Crippen LogP contribution in [0.5, 0.6) is 0 Å². The second-order valence-corrected chi connectivity index (χ2v) is 8.96. The molecule has 0 spiro atoms. The zero-order valence-corrected chi connectivity index (χ0v) is 17.3. The molecule has 0 bridgehead atoms. The van der Waals surface area contributed by atoms with E-state index in [0.717, 1.165) is 28.0 Å². The van der Waals surface area contributed by atoms with Gasteiger partial charge in [-0.3, -0.25) is 4.79 Å². The summed E-state index contributed by atoms with van der Waals surface area (Å²) in [5.41, 5.74) is 1.83. The molecule has 0 aliphatic rings. The maximum atomic E-state index is 12.7. The van der Waals surface area contributed by atoms with Crippen molar-refractivity contribution in [3.63, 3.8) is 0 Å². The molecule has 4 rings (SSSR count). The van der Waals surface area contributed by atoms with Crippen molar-refractivity contribution in [2.45, 2.75) is 26.3 Å². The Bertz CT molecular complexity index is 1080. The van der Waals surface area contributed by atoms with E-state index in [0.29, 0.717) is 9.90 Å². The van der Waals surface area contributed by atoms with Gasteiger partial charge in [0.1, 0.15) is 4.83 Å². The number of hydrogen-bond donors (Lipinski definition) is 1. The van der Waals surface area contributed by atoms with Crippen molar-refractivity contribution in [3.8, 4) is 5.69 Å². The van der Waals surface area contributed by atoms with E-state index < -0.39 is 0 Å². The molecule has 0 aliphatic carbocycles. The van der Waals surface area contributed by atoms with E-state index in [1.807, 2.05) is 54.9 Å². The molecule has 1 atom stereocenters. The summed E-state index contributed by atoms with van der Waals surface area (Å²) in [4.78, 5) is 15.6. The van der Waals surface area contributed by atoms with Gasteiger partial charge in [0, 0.05) is 27.7 Å². The highest BCUT2D eigenvalue weighted by Crippen LogP contribution is 2.30. The van der Waals surface area contributed by atoms with Gasteiger partial charge in [-0.1, -0.05) is 17.7 Å². The highest BCUT2D eigenvalue weighted by atomic mass is 35.5. The van der Waals surface area contributed by atoms with Crippen LogP contribution < -0.4 is 5.32 Å². The second-order valence-electron chi connectivity index (χ2n) is 6.46. The van der Waals surface area contributed by atoms with E-state index >= 15 is 0 Å². The average molecular weight is 416 g/mol. The van der Waals surface area contributed by atoms with Crippen molar-refractivity contribution >= 4 is 50.4 Å². The van der Waals surface area contributed by atoms with Crippen LogP contribution in [0.4, 0.5) is 0 Å². The first-order chi connectivity index (χ1) is 13.0. The highest BCUT2D eigenvalue weighted by molar-refractivity contribution is 7.20. The molecule has 1 N–H and O–H groups in total. The first kappa shape index (κ1) is 18.2. The van der Waals surface area contributed by atoms with Crippen molar-refractivity contribution in [1.29, 1.82) is 0 Å². The quantitative estimate of drug-likeness (QED) is 0.469. The number of aryl methyl sites for hydroxylation is 1. The molecular weight excluding hydrogens is 398 g/mol. The number of nitrogens with zero attached hydrogens (tertiary/aromatic N) is 2. The standard InChI is InChI=1S/C20H18ClN3OS2/c1-12(10-16-4-3-9-26-16)22-19(25)18-11-17-13(2)23-24(20(17)27-18)15-7-5-14(21)6-8-15/h3-9,11-12H,10H2,1-2H3,(H,22,25)/t12-/m1/s1. The largest absolute Gasteiger partial charge is 0.349 e. The van der Waals surface area contributed by atoms with Crippen LogP contribution in [0.15, 0.2) is 47.8 Å². The van der Waals surface area contributed by atoms with Crippen LogP contribution in [0.3, 0.4) is 0 Å². The molecule has 1 aromatic carbocycles. The molecule has 0 unspecified atom stereocenters. The third-order valence-electron chi connectivity index (χ3n) is 4.30. The first-order valence-electron chi connectivity index (χ1n) is 8.59. The maximum absolute atomic E-state index is 12.7. The molecule has 138 valence electrons. The van der Waals surface area contributed by atoms with Crippen LogP contribution in [0.2, 0.25) is 5.02 Å². The number of thiophene rings is 2. The van der Waals surface area contributed by atoms with Gasteiger partial charge in [0.2, 0.25) is 0 Å². The van der Waals surface area contributed by atoms with E-state index in [-0.39, 0.29) is 11.9 Å². The molecule has 0 saturated heterocycles. The lowest BCUT2D eigenvalue weighted by molar-refractivity contribution is 0.0944. The van der Waals surface area contributed by atoms with Crippen LogP contribution >= 0.6 is 34.3 Å². The number of hydrogen-bond acceptors (Lipinski definition) is 4. The minimum Gasteiger partial charge on any atom is -0.349 e. The summed E-state index contributed by atoms with van der Waals surface area (Å²) in [6, 6.07) is 13.7. The molecule has 0 saturated carbocycles. The Morgan fingerprint density at radius 3 is 2.78 bits per heavy atom. The number of rotatable bonds is 5. The van der Waals surface area contributed by atoms with Gasteiger partial charge in [-0.05, 0) is 55.6 Å². The predicted molar refractivity (Wildman–Crippen MR) is 114 cm³/mol. The highest BCUT2D eigenvalue weighted by Gasteiger charge is 2.18. The number of carbonyl (C=O) groups is 1. The van der Waals surface area contributed by atoms with Gasteiger partial charge < -0.3 is 5.32 Å². The molecule has 0 aliphatic heterocycles. The minimum atomic E-state index is -0.0395. The molecule has 1 amide bonds.